The van der Waals surface area contributed by atoms with Gasteiger partial charge in [0.25, 0.3) is 0 Å². The molecule has 4 heteroatoms. The molecule has 2 aromatic heterocycles. The smallest absolute Gasteiger partial charge is 0.0789 e. The van der Waals surface area contributed by atoms with E-state index in [9.17, 15) is 0 Å². The van der Waals surface area contributed by atoms with Crippen LogP contribution >= 0.6 is 50.2 Å². The predicted molar refractivity (Wildman–Crippen MR) is 335 cm³/mol. The third-order valence-corrected chi connectivity index (χ3v) is 17.7. The molecule has 2 heterocycles. The molecule has 0 saturated carbocycles. The highest BCUT2D eigenvalue weighted by Gasteiger charge is 2.26. The van der Waals surface area contributed by atoms with Gasteiger partial charge in [0.1, 0.15) is 0 Å². The molecule has 14 aromatic rings. The van der Waals surface area contributed by atoms with Gasteiger partial charge in [-0.25, -0.2) is 0 Å². The van der Waals surface area contributed by atoms with E-state index in [0.717, 1.165) is 10.6 Å². The quantitative estimate of drug-likeness (QED) is 0.142. The number of benzene rings is 12. The molecule has 0 aliphatic heterocycles. The van der Waals surface area contributed by atoms with Gasteiger partial charge >= 0.3 is 0 Å². The Balaban J connectivity index is 0.000000153. The third kappa shape index (κ3) is 8.76. The molecule has 0 spiro atoms. The molecule has 0 saturated heterocycles. The minimum absolute atomic E-state index is 0.750. The molecule has 0 N–H and O–H groups in total. The van der Waals surface area contributed by atoms with Crippen LogP contribution in [-0.2, 0) is 0 Å². The topological polar surface area (TPSA) is 0 Å². The van der Waals surface area contributed by atoms with Crippen molar-refractivity contribution in [1.82, 2.24) is 0 Å². The second-order valence-corrected chi connectivity index (χ2v) is 22.6. The fourth-order valence-electron chi connectivity index (χ4n) is 11.0. The lowest BCUT2D eigenvalue weighted by Gasteiger charge is -2.17. The normalized spacial score (nSPS) is 11.3. The van der Waals surface area contributed by atoms with Gasteiger partial charge in [-0.05, 0) is 111 Å². The van der Waals surface area contributed by atoms with E-state index in [1.807, 2.05) is 34.8 Å². The zero-order valence-corrected chi connectivity index (χ0v) is 45.1. The highest BCUT2D eigenvalue weighted by molar-refractivity contribution is 9.11. The van der Waals surface area contributed by atoms with E-state index < -0.39 is 0 Å². The first-order valence-corrected chi connectivity index (χ1v) is 28.3. The number of fused-ring (bicyclic) bond motifs is 6. The van der Waals surface area contributed by atoms with E-state index in [2.05, 4.69) is 283 Å². The van der Waals surface area contributed by atoms with E-state index >= 15 is 0 Å². The number of thiophene rings is 2. The molecule has 14 rings (SSSR count). The standard InChI is InChI=1S/C42H27ClS.C30H19BrS/c43-34-26-24-29(25-27-34)28-20-22-33(23-21-28)41-39(32-16-8-3-9-17-32)40-36-19-11-10-18-35(36)37(30-12-4-1-5-13-30)38(42(40)44-41)31-14-6-2-7-15-31;31-30-27(22-16-8-3-9-17-22)28-24-19-11-10-18-23(24)25(20-12-4-1-5-13-20)26(29(28)32-30)21-14-6-2-7-15-21/h1-27H;1-19H. The molecule has 0 bridgehead atoms. The highest BCUT2D eigenvalue weighted by atomic mass is 79.9. The van der Waals surface area contributed by atoms with Crippen LogP contribution in [0, 0.1) is 0 Å². The van der Waals surface area contributed by atoms with Crippen molar-refractivity contribution in [1.29, 1.82) is 0 Å². The summed E-state index contributed by atoms with van der Waals surface area (Å²) in [5.74, 6) is 0. The van der Waals surface area contributed by atoms with Gasteiger partial charge in [0.2, 0.25) is 0 Å². The van der Waals surface area contributed by atoms with Gasteiger partial charge < -0.3 is 0 Å². The van der Waals surface area contributed by atoms with Crippen LogP contribution in [0.25, 0.3) is 130 Å². The molecule has 0 nitrogen and oxygen atoms in total. The molecule has 0 aliphatic carbocycles. The Morgan fingerprint density at radius 1 is 0.237 bits per heavy atom. The number of hydrogen-bond donors (Lipinski definition) is 0. The van der Waals surface area contributed by atoms with Crippen molar-refractivity contribution in [2.45, 2.75) is 0 Å². The molecule has 0 fully saturated rings. The molecule has 76 heavy (non-hydrogen) atoms. The van der Waals surface area contributed by atoms with Gasteiger partial charge in [-0.3, -0.25) is 0 Å². The van der Waals surface area contributed by atoms with Crippen molar-refractivity contribution in [2.24, 2.45) is 0 Å². The van der Waals surface area contributed by atoms with Crippen molar-refractivity contribution >= 4 is 91.9 Å². The second-order valence-electron chi connectivity index (χ2n) is 18.8. The Morgan fingerprint density at radius 2 is 0.526 bits per heavy atom. The van der Waals surface area contributed by atoms with Crippen LogP contribution in [0.1, 0.15) is 0 Å². The summed E-state index contributed by atoms with van der Waals surface area (Å²) in [4.78, 5) is 1.28. The summed E-state index contributed by atoms with van der Waals surface area (Å²) in [6, 6.07) is 99.7. The number of hydrogen-bond acceptors (Lipinski definition) is 2. The van der Waals surface area contributed by atoms with Crippen LogP contribution in [-0.4, -0.2) is 0 Å². The van der Waals surface area contributed by atoms with E-state index in [0.29, 0.717) is 0 Å². The van der Waals surface area contributed by atoms with Gasteiger partial charge in [-0.2, -0.15) is 0 Å². The molecule has 360 valence electrons. The van der Waals surface area contributed by atoms with E-state index in [1.54, 1.807) is 0 Å². The number of halogens is 2. The largest absolute Gasteiger partial charge is 0.134 e. The SMILES string of the molecule is Brc1sc2c(-c3ccccc3)c(-c3ccccc3)c3ccccc3c2c1-c1ccccc1.Clc1ccc(-c2ccc(-c3sc4c(-c5ccccc5)c(-c5ccccc5)c5ccccc5c4c3-c3ccccc3)cc2)cc1. The molecule has 0 atom stereocenters. The molecule has 12 aromatic carbocycles. The first-order chi connectivity index (χ1) is 37.6. The minimum atomic E-state index is 0.750. The fourth-order valence-corrected chi connectivity index (χ4v) is 14.6. The predicted octanol–water partition coefficient (Wildman–Crippen LogP) is 22.9. The lowest BCUT2D eigenvalue weighted by atomic mass is 9.86. The van der Waals surface area contributed by atoms with E-state index in [4.69, 9.17) is 11.6 Å². The Morgan fingerprint density at radius 3 is 0.934 bits per heavy atom. The summed E-state index contributed by atoms with van der Waals surface area (Å²) in [5, 5.41) is 8.51. The van der Waals surface area contributed by atoms with Crippen LogP contribution in [0.3, 0.4) is 0 Å². The second kappa shape index (κ2) is 20.9. The summed E-state index contributed by atoms with van der Waals surface area (Å²) < 4.78 is 3.80. The summed E-state index contributed by atoms with van der Waals surface area (Å²) >= 11 is 13.8. The third-order valence-electron chi connectivity index (χ3n) is 14.4. The first kappa shape index (κ1) is 47.6. The Labute approximate surface area is 464 Å². The van der Waals surface area contributed by atoms with Crippen molar-refractivity contribution in [3.63, 3.8) is 0 Å². The van der Waals surface area contributed by atoms with Crippen LogP contribution in [0.5, 0.6) is 0 Å². The molecule has 0 unspecified atom stereocenters. The lowest BCUT2D eigenvalue weighted by Crippen LogP contribution is -1.90. The molecular weight excluding hydrogens is 1040 g/mol. The monoisotopic (exact) mass is 1090 g/mol. The van der Waals surface area contributed by atoms with Crippen LogP contribution in [0.2, 0.25) is 5.02 Å². The van der Waals surface area contributed by atoms with Gasteiger partial charge in [0.15, 0.2) is 0 Å². The Hall–Kier alpha value is -8.15. The van der Waals surface area contributed by atoms with E-state index in [-0.39, 0.29) is 0 Å². The van der Waals surface area contributed by atoms with Crippen molar-refractivity contribution in [3.8, 4) is 88.3 Å². The summed E-state index contributed by atoms with van der Waals surface area (Å²) in [6.07, 6.45) is 0. The van der Waals surface area contributed by atoms with Gasteiger partial charge in [-0.15, -0.1) is 22.7 Å². The van der Waals surface area contributed by atoms with Crippen molar-refractivity contribution in [2.75, 3.05) is 0 Å². The summed E-state index contributed by atoms with van der Waals surface area (Å²) in [6.45, 7) is 0. The minimum Gasteiger partial charge on any atom is -0.134 e. The molecular formula is C72H46BrClS2. The molecule has 0 amide bonds. The maximum Gasteiger partial charge on any atom is 0.0789 e. The molecule has 0 radical (unpaired) electrons. The zero-order chi connectivity index (χ0) is 51.0. The van der Waals surface area contributed by atoms with Crippen LogP contribution in [0.15, 0.2) is 283 Å². The van der Waals surface area contributed by atoms with Crippen molar-refractivity contribution < 1.29 is 0 Å². The lowest BCUT2D eigenvalue weighted by molar-refractivity contribution is 1.61. The van der Waals surface area contributed by atoms with Crippen molar-refractivity contribution in [3.05, 3.63) is 288 Å². The van der Waals surface area contributed by atoms with Crippen LogP contribution < -0.4 is 0 Å². The average Bonchev–Trinajstić information content (AvgIpc) is 4.07. The Bertz CT molecular complexity index is 4340. The molecule has 0 aliphatic rings. The highest BCUT2D eigenvalue weighted by Crippen LogP contribution is 2.55. The Kier molecular flexibility index (Phi) is 13.1. The van der Waals surface area contributed by atoms with Crippen LogP contribution in [0.4, 0.5) is 0 Å². The zero-order valence-electron chi connectivity index (χ0n) is 41.1. The number of rotatable bonds is 8. The summed E-state index contributed by atoms with van der Waals surface area (Å²) in [5.41, 5.74) is 18.7. The van der Waals surface area contributed by atoms with Gasteiger partial charge in [0.05, 0.1) is 3.79 Å². The van der Waals surface area contributed by atoms with Gasteiger partial charge in [0, 0.05) is 52.3 Å². The fraction of sp³-hybridized carbons (Fsp3) is 0. The summed E-state index contributed by atoms with van der Waals surface area (Å²) in [7, 11) is 0. The maximum absolute atomic E-state index is 6.17. The van der Waals surface area contributed by atoms with E-state index in [1.165, 1.54) is 128 Å². The van der Waals surface area contributed by atoms with Gasteiger partial charge in [-0.1, -0.05) is 279 Å². The maximum atomic E-state index is 6.17. The average molecular weight is 1090 g/mol. The first-order valence-electron chi connectivity index (χ1n) is 25.5.